The number of aryl methyl sites for hydroxylation is 2. The molecule has 0 unspecified atom stereocenters. The van der Waals surface area contributed by atoms with Crippen molar-refractivity contribution in [2.75, 3.05) is 43.9 Å². The van der Waals surface area contributed by atoms with Gasteiger partial charge in [0.2, 0.25) is 5.95 Å². The first kappa shape index (κ1) is 16.7. The van der Waals surface area contributed by atoms with E-state index in [1.165, 1.54) is 11.3 Å². The molecule has 2 aromatic rings. The molecule has 0 aliphatic carbocycles. The molecule has 2 heterocycles. The molecule has 0 saturated heterocycles. The molecule has 1 N–H and O–H groups in total. The highest BCUT2D eigenvalue weighted by Crippen LogP contribution is 2.32. The van der Waals surface area contributed by atoms with E-state index in [4.69, 9.17) is 4.98 Å². The summed E-state index contributed by atoms with van der Waals surface area (Å²) in [6.07, 6.45) is 3.38. The van der Waals surface area contributed by atoms with Crippen LogP contribution in [0.2, 0.25) is 0 Å². The monoisotopic (exact) mass is 325 g/mol. The number of anilines is 3. The van der Waals surface area contributed by atoms with E-state index in [2.05, 4.69) is 64.5 Å². The van der Waals surface area contributed by atoms with Gasteiger partial charge in [0.1, 0.15) is 5.82 Å². The topological polar surface area (TPSA) is 44.3 Å². The molecule has 0 saturated carbocycles. The summed E-state index contributed by atoms with van der Waals surface area (Å²) < 4.78 is 0. The standard InChI is InChI=1S/C19H27N5/c1-15-14-18(22-19(21-15)20-11-7-12-23(2)3)24-13-6-9-16-8-4-5-10-17(16)24/h4-5,8,10,14H,6-7,9,11-13H2,1-3H3,(H,20,21,22). The Balaban J connectivity index is 1.77. The van der Waals surface area contributed by atoms with Crippen molar-refractivity contribution < 1.29 is 0 Å². The van der Waals surface area contributed by atoms with E-state index in [9.17, 15) is 0 Å². The van der Waals surface area contributed by atoms with E-state index in [0.717, 1.165) is 56.4 Å². The minimum atomic E-state index is 0.729. The van der Waals surface area contributed by atoms with Gasteiger partial charge in [0.05, 0.1) is 0 Å². The summed E-state index contributed by atoms with van der Waals surface area (Å²) in [7, 11) is 4.18. The first-order chi connectivity index (χ1) is 11.6. The minimum Gasteiger partial charge on any atom is -0.354 e. The Kier molecular flexibility index (Phi) is 5.30. The predicted molar refractivity (Wildman–Crippen MR) is 100 cm³/mol. The fourth-order valence-electron chi connectivity index (χ4n) is 3.14. The van der Waals surface area contributed by atoms with Crippen molar-refractivity contribution in [2.24, 2.45) is 0 Å². The number of hydrogen-bond acceptors (Lipinski definition) is 5. The molecule has 0 radical (unpaired) electrons. The average Bonchev–Trinajstić information content (AvgIpc) is 2.57. The first-order valence-electron chi connectivity index (χ1n) is 8.73. The molecule has 0 atom stereocenters. The van der Waals surface area contributed by atoms with Crippen LogP contribution in [0.25, 0.3) is 0 Å². The van der Waals surface area contributed by atoms with Crippen molar-refractivity contribution in [1.82, 2.24) is 14.9 Å². The van der Waals surface area contributed by atoms with Crippen LogP contribution in [0.3, 0.4) is 0 Å². The highest BCUT2D eigenvalue weighted by molar-refractivity contribution is 5.66. The van der Waals surface area contributed by atoms with Crippen molar-refractivity contribution >= 4 is 17.5 Å². The van der Waals surface area contributed by atoms with E-state index < -0.39 is 0 Å². The predicted octanol–water partition coefficient (Wildman–Crippen LogP) is 3.23. The Morgan fingerprint density at radius 1 is 1.21 bits per heavy atom. The van der Waals surface area contributed by atoms with E-state index in [1.54, 1.807) is 0 Å². The Bertz CT molecular complexity index is 683. The van der Waals surface area contributed by atoms with E-state index in [1.807, 2.05) is 6.92 Å². The number of hydrogen-bond donors (Lipinski definition) is 1. The van der Waals surface area contributed by atoms with E-state index >= 15 is 0 Å². The third kappa shape index (κ3) is 4.03. The number of nitrogens with one attached hydrogen (secondary N) is 1. The quantitative estimate of drug-likeness (QED) is 0.826. The summed E-state index contributed by atoms with van der Waals surface area (Å²) in [5, 5.41) is 3.37. The molecule has 24 heavy (non-hydrogen) atoms. The van der Waals surface area contributed by atoms with E-state index in [0.29, 0.717) is 0 Å². The molecular weight excluding hydrogens is 298 g/mol. The highest BCUT2D eigenvalue weighted by atomic mass is 15.2. The smallest absolute Gasteiger partial charge is 0.224 e. The lowest BCUT2D eigenvalue weighted by atomic mass is 10.0. The number of para-hydroxylation sites is 1. The molecule has 5 nitrogen and oxygen atoms in total. The largest absolute Gasteiger partial charge is 0.354 e. The van der Waals surface area contributed by atoms with Gasteiger partial charge in [-0.1, -0.05) is 18.2 Å². The van der Waals surface area contributed by atoms with Crippen LogP contribution in [-0.2, 0) is 6.42 Å². The molecule has 1 aliphatic rings. The van der Waals surface area contributed by atoms with Gasteiger partial charge in [-0.3, -0.25) is 0 Å². The summed E-state index contributed by atoms with van der Waals surface area (Å²) >= 11 is 0. The fourth-order valence-corrected chi connectivity index (χ4v) is 3.14. The second-order valence-corrected chi connectivity index (χ2v) is 6.66. The Labute approximate surface area is 144 Å². The molecular formula is C19H27N5. The van der Waals surface area contributed by atoms with Crippen molar-refractivity contribution in [3.05, 3.63) is 41.6 Å². The number of benzene rings is 1. The number of aromatic nitrogens is 2. The fraction of sp³-hybridized carbons (Fsp3) is 0.474. The zero-order valence-electron chi connectivity index (χ0n) is 14.9. The van der Waals surface area contributed by atoms with Crippen LogP contribution in [0, 0.1) is 6.92 Å². The molecule has 128 valence electrons. The SMILES string of the molecule is Cc1cc(N2CCCc3ccccc32)nc(NCCCN(C)C)n1. The van der Waals surface area contributed by atoms with Gasteiger partial charge in [-0.15, -0.1) is 0 Å². The summed E-state index contributed by atoms with van der Waals surface area (Å²) in [5.41, 5.74) is 3.68. The van der Waals surface area contributed by atoms with E-state index in [-0.39, 0.29) is 0 Å². The maximum Gasteiger partial charge on any atom is 0.224 e. The lowest BCUT2D eigenvalue weighted by Gasteiger charge is -2.30. The highest BCUT2D eigenvalue weighted by Gasteiger charge is 2.19. The Morgan fingerprint density at radius 2 is 2.04 bits per heavy atom. The third-order valence-electron chi connectivity index (χ3n) is 4.29. The second kappa shape index (κ2) is 7.62. The molecule has 5 heteroatoms. The van der Waals surface area contributed by atoms with Gasteiger partial charge in [-0.2, -0.15) is 4.98 Å². The van der Waals surface area contributed by atoms with Gasteiger partial charge in [0.25, 0.3) is 0 Å². The zero-order chi connectivity index (χ0) is 16.9. The molecule has 0 spiro atoms. The average molecular weight is 325 g/mol. The van der Waals surface area contributed by atoms with Crippen molar-refractivity contribution in [3.63, 3.8) is 0 Å². The van der Waals surface area contributed by atoms with Gasteiger partial charge in [-0.25, -0.2) is 4.98 Å². The minimum absolute atomic E-state index is 0.729. The summed E-state index contributed by atoms with van der Waals surface area (Å²) in [4.78, 5) is 13.8. The van der Waals surface area contributed by atoms with Crippen LogP contribution in [0.15, 0.2) is 30.3 Å². The summed E-state index contributed by atoms with van der Waals surface area (Å²) in [5.74, 6) is 1.72. The maximum atomic E-state index is 4.76. The maximum absolute atomic E-state index is 4.76. The molecule has 0 amide bonds. The lowest BCUT2D eigenvalue weighted by Crippen LogP contribution is -2.26. The van der Waals surface area contributed by atoms with Gasteiger partial charge < -0.3 is 15.1 Å². The van der Waals surface area contributed by atoms with Crippen molar-refractivity contribution in [3.8, 4) is 0 Å². The second-order valence-electron chi connectivity index (χ2n) is 6.66. The molecule has 1 aromatic carbocycles. The number of nitrogens with zero attached hydrogens (tertiary/aromatic N) is 4. The van der Waals surface area contributed by atoms with Gasteiger partial charge >= 0.3 is 0 Å². The Hall–Kier alpha value is -2.14. The Morgan fingerprint density at radius 3 is 2.88 bits per heavy atom. The molecule has 1 aromatic heterocycles. The summed E-state index contributed by atoms with van der Waals surface area (Å²) in [6.45, 7) is 4.99. The summed E-state index contributed by atoms with van der Waals surface area (Å²) in [6, 6.07) is 10.7. The van der Waals surface area contributed by atoms with Gasteiger partial charge in [-0.05, 0) is 58.5 Å². The van der Waals surface area contributed by atoms with Crippen LogP contribution in [0.1, 0.15) is 24.1 Å². The van der Waals surface area contributed by atoms with Crippen LogP contribution in [-0.4, -0.2) is 48.6 Å². The normalized spacial score (nSPS) is 13.9. The van der Waals surface area contributed by atoms with Crippen LogP contribution in [0.4, 0.5) is 17.5 Å². The zero-order valence-corrected chi connectivity index (χ0v) is 14.9. The van der Waals surface area contributed by atoms with Crippen LogP contribution in [0.5, 0.6) is 0 Å². The lowest BCUT2D eigenvalue weighted by molar-refractivity contribution is 0.405. The molecule has 1 aliphatic heterocycles. The number of rotatable bonds is 6. The van der Waals surface area contributed by atoms with Crippen LogP contribution < -0.4 is 10.2 Å². The first-order valence-corrected chi connectivity index (χ1v) is 8.73. The van der Waals surface area contributed by atoms with Gasteiger partial charge in [0.15, 0.2) is 0 Å². The molecule has 0 fully saturated rings. The van der Waals surface area contributed by atoms with Crippen molar-refractivity contribution in [1.29, 1.82) is 0 Å². The number of fused-ring (bicyclic) bond motifs is 1. The van der Waals surface area contributed by atoms with Crippen LogP contribution >= 0.6 is 0 Å². The molecule has 0 bridgehead atoms. The van der Waals surface area contributed by atoms with Crippen molar-refractivity contribution in [2.45, 2.75) is 26.2 Å². The van der Waals surface area contributed by atoms with Gasteiger partial charge in [0, 0.05) is 30.5 Å². The molecule has 3 rings (SSSR count). The third-order valence-corrected chi connectivity index (χ3v) is 4.29.